The Hall–Kier alpha value is -1.21. The summed E-state index contributed by atoms with van der Waals surface area (Å²) in [7, 11) is 1.54. The quantitative estimate of drug-likeness (QED) is 0.770. The molecule has 2 heterocycles. The first-order valence-electron chi connectivity index (χ1n) is 5.52. The van der Waals surface area contributed by atoms with Gasteiger partial charge in [0.25, 0.3) is 0 Å². The SMILES string of the molecule is COCC(=O)N1CCN(c2nc(C)ns2)CC1. The van der Waals surface area contributed by atoms with Gasteiger partial charge in [-0.2, -0.15) is 4.37 Å². The van der Waals surface area contributed by atoms with Crippen LogP contribution in [-0.2, 0) is 9.53 Å². The molecule has 0 atom stereocenters. The molecule has 0 unspecified atom stereocenters. The van der Waals surface area contributed by atoms with E-state index in [-0.39, 0.29) is 12.5 Å². The zero-order valence-electron chi connectivity index (χ0n) is 10.0. The van der Waals surface area contributed by atoms with E-state index in [9.17, 15) is 4.79 Å². The van der Waals surface area contributed by atoms with Crippen LogP contribution in [0.4, 0.5) is 5.13 Å². The predicted molar refractivity (Wildman–Crippen MR) is 65.3 cm³/mol. The van der Waals surface area contributed by atoms with E-state index in [1.165, 1.54) is 18.6 Å². The highest BCUT2D eigenvalue weighted by atomic mass is 32.1. The number of methoxy groups -OCH3 is 1. The summed E-state index contributed by atoms with van der Waals surface area (Å²) in [5.41, 5.74) is 0. The highest BCUT2D eigenvalue weighted by molar-refractivity contribution is 7.09. The van der Waals surface area contributed by atoms with Gasteiger partial charge in [0.15, 0.2) is 0 Å². The molecule has 1 aromatic rings. The first-order valence-corrected chi connectivity index (χ1v) is 6.30. The van der Waals surface area contributed by atoms with Crippen LogP contribution >= 0.6 is 11.5 Å². The van der Waals surface area contributed by atoms with Crippen LogP contribution in [0.1, 0.15) is 5.82 Å². The van der Waals surface area contributed by atoms with Gasteiger partial charge in [-0.05, 0) is 6.92 Å². The number of carbonyl (C=O) groups excluding carboxylic acids is 1. The van der Waals surface area contributed by atoms with Gasteiger partial charge >= 0.3 is 0 Å². The second kappa shape index (κ2) is 5.42. The van der Waals surface area contributed by atoms with Crippen molar-refractivity contribution in [2.24, 2.45) is 0 Å². The van der Waals surface area contributed by atoms with E-state index in [1.807, 2.05) is 11.8 Å². The van der Waals surface area contributed by atoms with Crippen molar-refractivity contribution < 1.29 is 9.53 Å². The maximum absolute atomic E-state index is 11.6. The van der Waals surface area contributed by atoms with Crippen molar-refractivity contribution in [1.82, 2.24) is 14.3 Å². The average molecular weight is 256 g/mol. The maximum atomic E-state index is 11.6. The van der Waals surface area contributed by atoms with Crippen LogP contribution in [0.2, 0.25) is 0 Å². The number of hydrogen-bond acceptors (Lipinski definition) is 6. The monoisotopic (exact) mass is 256 g/mol. The summed E-state index contributed by atoms with van der Waals surface area (Å²) in [6.45, 7) is 5.12. The second-order valence-electron chi connectivity index (χ2n) is 3.93. The van der Waals surface area contributed by atoms with Gasteiger partial charge in [0.05, 0.1) is 0 Å². The molecule has 0 spiro atoms. The molecule has 1 saturated heterocycles. The summed E-state index contributed by atoms with van der Waals surface area (Å²) in [5, 5.41) is 0.946. The molecule has 7 heteroatoms. The number of nitrogens with zero attached hydrogens (tertiary/aromatic N) is 4. The third kappa shape index (κ3) is 2.92. The van der Waals surface area contributed by atoms with Crippen LogP contribution in [0.15, 0.2) is 0 Å². The van der Waals surface area contributed by atoms with Crippen molar-refractivity contribution in [2.45, 2.75) is 6.92 Å². The van der Waals surface area contributed by atoms with Crippen molar-refractivity contribution in [3.05, 3.63) is 5.82 Å². The number of hydrogen-bond donors (Lipinski definition) is 0. The summed E-state index contributed by atoms with van der Waals surface area (Å²) >= 11 is 1.41. The number of anilines is 1. The third-order valence-corrected chi connectivity index (χ3v) is 3.56. The lowest BCUT2D eigenvalue weighted by molar-refractivity contribution is -0.135. The fourth-order valence-corrected chi connectivity index (χ4v) is 2.50. The van der Waals surface area contributed by atoms with Crippen molar-refractivity contribution in [2.75, 3.05) is 44.8 Å². The molecule has 1 amide bonds. The predicted octanol–water partition coefficient (Wildman–Crippen LogP) is 0.142. The number of ether oxygens (including phenoxy) is 1. The lowest BCUT2D eigenvalue weighted by atomic mass is 10.3. The summed E-state index contributed by atoms with van der Waals surface area (Å²) in [6, 6.07) is 0. The van der Waals surface area contributed by atoms with Crippen molar-refractivity contribution in [3.63, 3.8) is 0 Å². The minimum absolute atomic E-state index is 0.0561. The van der Waals surface area contributed by atoms with Crippen LogP contribution < -0.4 is 4.90 Å². The topological polar surface area (TPSA) is 58.6 Å². The standard InChI is InChI=1S/C10H16N4O2S/c1-8-11-10(17-12-8)14-5-3-13(4-6-14)9(15)7-16-2/h3-7H2,1-2H3. The molecule has 0 bridgehead atoms. The van der Waals surface area contributed by atoms with E-state index in [4.69, 9.17) is 4.74 Å². The Bertz CT molecular complexity index is 387. The van der Waals surface area contributed by atoms with Crippen LogP contribution in [0.3, 0.4) is 0 Å². The van der Waals surface area contributed by atoms with Crippen molar-refractivity contribution >= 4 is 22.6 Å². The normalized spacial score (nSPS) is 16.4. The maximum Gasteiger partial charge on any atom is 0.248 e. The van der Waals surface area contributed by atoms with E-state index >= 15 is 0 Å². The van der Waals surface area contributed by atoms with Crippen molar-refractivity contribution in [1.29, 1.82) is 0 Å². The molecule has 17 heavy (non-hydrogen) atoms. The van der Waals surface area contributed by atoms with Gasteiger partial charge in [-0.3, -0.25) is 4.79 Å². The molecule has 6 nitrogen and oxygen atoms in total. The molecule has 1 aliphatic rings. The van der Waals surface area contributed by atoms with Crippen LogP contribution in [0.5, 0.6) is 0 Å². The Balaban J connectivity index is 1.88. The molecule has 0 aliphatic carbocycles. The molecule has 94 valence electrons. The van der Waals surface area contributed by atoms with Gasteiger partial charge in [0, 0.05) is 44.8 Å². The number of aryl methyl sites for hydroxylation is 1. The van der Waals surface area contributed by atoms with E-state index < -0.39 is 0 Å². The number of aromatic nitrogens is 2. The molecule has 0 aromatic carbocycles. The molecule has 1 fully saturated rings. The van der Waals surface area contributed by atoms with Gasteiger partial charge in [-0.15, -0.1) is 0 Å². The van der Waals surface area contributed by atoms with Crippen LogP contribution in [0, 0.1) is 6.92 Å². The van der Waals surface area contributed by atoms with E-state index in [2.05, 4.69) is 14.3 Å². The molecular weight excluding hydrogens is 240 g/mol. The minimum atomic E-state index is 0.0561. The Labute approximate surface area is 104 Å². The molecular formula is C10H16N4O2S. The Kier molecular flexibility index (Phi) is 3.90. The zero-order chi connectivity index (χ0) is 12.3. The first-order chi connectivity index (χ1) is 8.20. The molecule has 1 aliphatic heterocycles. The molecule has 0 radical (unpaired) electrons. The lowest BCUT2D eigenvalue weighted by Crippen LogP contribution is -2.49. The fraction of sp³-hybridized carbons (Fsp3) is 0.700. The lowest BCUT2D eigenvalue weighted by Gasteiger charge is -2.34. The van der Waals surface area contributed by atoms with Crippen molar-refractivity contribution in [3.8, 4) is 0 Å². The highest BCUT2D eigenvalue weighted by Crippen LogP contribution is 2.18. The van der Waals surface area contributed by atoms with E-state index in [1.54, 1.807) is 0 Å². The van der Waals surface area contributed by atoms with Gasteiger partial charge in [0.1, 0.15) is 12.4 Å². The van der Waals surface area contributed by atoms with Crippen LogP contribution in [0.25, 0.3) is 0 Å². The first kappa shape index (κ1) is 12.3. The number of piperazine rings is 1. The largest absolute Gasteiger partial charge is 0.375 e. The zero-order valence-corrected chi connectivity index (χ0v) is 10.9. The van der Waals surface area contributed by atoms with Gasteiger partial charge in [0.2, 0.25) is 11.0 Å². The van der Waals surface area contributed by atoms with Gasteiger partial charge in [-0.25, -0.2) is 4.98 Å². The average Bonchev–Trinajstić information content (AvgIpc) is 2.76. The van der Waals surface area contributed by atoms with E-state index in [0.29, 0.717) is 0 Å². The Morgan fingerprint density at radius 3 is 2.65 bits per heavy atom. The third-order valence-electron chi connectivity index (χ3n) is 2.69. The number of amides is 1. The van der Waals surface area contributed by atoms with Crippen LogP contribution in [-0.4, -0.2) is 60.1 Å². The molecule has 1 aromatic heterocycles. The Morgan fingerprint density at radius 1 is 1.41 bits per heavy atom. The second-order valence-corrected chi connectivity index (χ2v) is 4.66. The fourth-order valence-electron chi connectivity index (χ4n) is 1.78. The highest BCUT2D eigenvalue weighted by Gasteiger charge is 2.22. The van der Waals surface area contributed by atoms with Gasteiger partial charge in [-0.1, -0.05) is 0 Å². The summed E-state index contributed by atoms with van der Waals surface area (Å²) in [6.07, 6.45) is 0. The molecule has 0 saturated carbocycles. The molecule has 0 N–H and O–H groups in total. The molecule has 2 rings (SSSR count). The summed E-state index contributed by atoms with van der Waals surface area (Å²) < 4.78 is 9.01. The number of rotatable bonds is 3. The summed E-state index contributed by atoms with van der Waals surface area (Å²) in [5.74, 6) is 0.864. The Morgan fingerprint density at radius 2 is 2.12 bits per heavy atom. The number of carbonyl (C=O) groups is 1. The van der Waals surface area contributed by atoms with Gasteiger partial charge < -0.3 is 14.5 Å². The van der Waals surface area contributed by atoms with E-state index in [0.717, 1.165) is 37.1 Å². The smallest absolute Gasteiger partial charge is 0.248 e. The summed E-state index contributed by atoms with van der Waals surface area (Å²) in [4.78, 5) is 19.9. The minimum Gasteiger partial charge on any atom is -0.375 e.